The summed E-state index contributed by atoms with van der Waals surface area (Å²) in [6, 6.07) is 9.90. The van der Waals surface area contributed by atoms with Crippen LogP contribution in [0.25, 0.3) is 22.3 Å². The Bertz CT molecular complexity index is 1620. The molecule has 37 heavy (non-hydrogen) atoms. The first kappa shape index (κ1) is 23.9. The molecule has 10 heteroatoms. The number of phenolic OH excluding ortho intramolecular Hbond substituents is 3. The van der Waals surface area contributed by atoms with Crippen LogP contribution in [0.5, 0.6) is 40.2 Å². The lowest BCUT2D eigenvalue weighted by Gasteiger charge is -2.26. The normalized spacial score (nSPS) is 14.8. The fourth-order valence-electron chi connectivity index (χ4n) is 4.50. The van der Waals surface area contributed by atoms with Crippen LogP contribution < -0.4 is 19.6 Å². The van der Waals surface area contributed by atoms with Gasteiger partial charge in [0.15, 0.2) is 28.8 Å². The Kier molecular flexibility index (Phi) is 5.79. The lowest BCUT2D eigenvalue weighted by molar-refractivity contribution is -0.135. The van der Waals surface area contributed by atoms with Gasteiger partial charge in [-0.25, -0.2) is 0 Å². The molecule has 5 rings (SSSR count). The Morgan fingerprint density at radius 3 is 2.43 bits per heavy atom. The van der Waals surface area contributed by atoms with Crippen molar-refractivity contribution in [2.45, 2.75) is 19.3 Å². The van der Waals surface area contributed by atoms with E-state index in [4.69, 9.17) is 18.6 Å². The zero-order valence-corrected chi connectivity index (χ0v) is 19.8. The first-order valence-corrected chi connectivity index (χ1v) is 11.3. The van der Waals surface area contributed by atoms with E-state index in [1.54, 1.807) is 18.2 Å². The van der Waals surface area contributed by atoms with Crippen LogP contribution in [-0.2, 0) is 4.79 Å². The number of hydrogen-bond donors (Lipinski definition) is 4. The van der Waals surface area contributed by atoms with Crippen molar-refractivity contribution in [3.63, 3.8) is 0 Å². The second-order valence-electron chi connectivity index (χ2n) is 8.40. The second-order valence-corrected chi connectivity index (χ2v) is 8.40. The van der Waals surface area contributed by atoms with Crippen molar-refractivity contribution < 1.29 is 43.8 Å². The van der Waals surface area contributed by atoms with Crippen LogP contribution in [0.4, 0.5) is 0 Å². The molecule has 1 aliphatic heterocycles. The largest absolute Gasteiger partial charge is 0.507 e. The quantitative estimate of drug-likeness (QED) is 0.176. The maximum atomic E-state index is 13.2. The summed E-state index contributed by atoms with van der Waals surface area (Å²) in [5, 5.41) is 40.6. The summed E-state index contributed by atoms with van der Waals surface area (Å²) >= 11 is 0. The Morgan fingerprint density at radius 2 is 1.73 bits per heavy atom. The van der Waals surface area contributed by atoms with E-state index in [1.165, 1.54) is 19.2 Å². The Labute approximate surface area is 209 Å². The number of esters is 1. The number of ether oxygens (including phenoxy) is 3. The summed E-state index contributed by atoms with van der Waals surface area (Å²) in [4.78, 5) is 25.7. The van der Waals surface area contributed by atoms with Gasteiger partial charge in [0.2, 0.25) is 11.2 Å². The van der Waals surface area contributed by atoms with Crippen LogP contribution >= 0.6 is 0 Å². The lowest BCUT2D eigenvalue weighted by atomic mass is 9.85. The first-order chi connectivity index (χ1) is 17.7. The fourth-order valence-corrected chi connectivity index (χ4v) is 4.50. The molecule has 0 radical (unpaired) electrons. The van der Waals surface area contributed by atoms with Gasteiger partial charge >= 0.3 is 5.97 Å². The maximum Gasteiger partial charge on any atom is 0.312 e. The van der Waals surface area contributed by atoms with Crippen molar-refractivity contribution in [3.8, 4) is 51.6 Å². The lowest BCUT2D eigenvalue weighted by Crippen LogP contribution is -2.22. The molecule has 1 aliphatic rings. The van der Waals surface area contributed by atoms with Crippen LogP contribution in [0.15, 0.2) is 51.7 Å². The number of benzene rings is 3. The number of phenols is 3. The molecule has 1 unspecified atom stereocenters. The molecule has 1 aromatic heterocycles. The fraction of sp³-hybridized carbons (Fsp3) is 0.185. The predicted molar refractivity (Wildman–Crippen MR) is 131 cm³/mol. The molecule has 0 spiro atoms. The van der Waals surface area contributed by atoms with Crippen LogP contribution in [0.2, 0.25) is 0 Å². The topological polar surface area (TPSA) is 156 Å². The molecule has 0 saturated heterocycles. The highest BCUT2D eigenvalue weighted by atomic mass is 16.5. The molecule has 1 atom stereocenters. The van der Waals surface area contributed by atoms with Gasteiger partial charge in [0.25, 0.3) is 0 Å². The molecular formula is C27H22O10. The van der Waals surface area contributed by atoms with E-state index >= 15 is 0 Å². The highest BCUT2D eigenvalue weighted by molar-refractivity contribution is 5.94. The van der Waals surface area contributed by atoms with Crippen molar-refractivity contribution in [2.75, 3.05) is 13.7 Å². The van der Waals surface area contributed by atoms with Crippen molar-refractivity contribution in [3.05, 3.63) is 63.8 Å². The van der Waals surface area contributed by atoms with Gasteiger partial charge in [-0.1, -0.05) is 6.07 Å². The van der Waals surface area contributed by atoms with Gasteiger partial charge in [-0.3, -0.25) is 9.59 Å². The van der Waals surface area contributed by atoms with Gasteiger partial charge in [-0.05, 0) is 42.8 Å². The Balaban J connectivity index is 1.81. The summed E-state index contributed by atoms with van der Waals surface area (Å²) in [7, 11) is 1.50. The summed E-state index contributed by atoms with van der Waals surface area (Å²) in [5.41, 5.74) is 0.00234. The molecule has 190 valence electrons. The number of fused-ring (bicyclic) bond motifs is 3. The van der Waals surface area contributed by atoms with Gasteiger partial charge in [0, 0.05) is 23.1 Å². The molecule has 10 nitrogen and oxygen atoms in total. The maximum absolute atomic E-state index is 13.2. The van der Waals surface area contributed by atoms with Gasteiger partial charge in [-0.15, -0.1) is 0 Å². The third-order valence-electron chi connectivity index (χ3n) is 6.19. The third-order valence-corrected chi connectivity index (χ3v) is 6.19. The Morgan fingerprint density at radius 1 is 0.946 bits per heavy atom. The molecule has 4 aromatic rings. The number of aromatic hydroxyl groups is 4. The summed E-state index contributed by atoms with van der Waals surface area (Å²) in [5.74, 6) is -2.85. The van der Waals surface area contributed by atoms with E-state index < -0.39 is 40.3 Å². The summed E-state index contributed by atoms with van der Waals surface area (Å²) in [6.07, 6.45) is -0.106. The second kappa shape index (κ2) is 8.98. The average Bonchev–Trinajstić information content (AvgIpc) is 2.87. The predicted octanol–water partition coefficient (Wildman–Crippen LogP) is 4.13. The van der Waals surface area contributed by atoms with Crippen LogP contribution in [-0.4, -0.2) is 40.1 Å². The van der Waals surface area contributed by atoms with E-state index in [9.17, 15) is 30.0 Å². The molecule has 0 amide bonds. The van der Waals surface area contributed by atoms with E-state index in [2.05, 4.69) is 0 Å². The zero-order chi connectivity index (χ0) is 26.4. The van der Waals surface area contributed by atoms with Crippen molar-refractivity contribution in [2.24, 2.45) is 0 Å². The summed E-state index contributed by atoms with van der Waals surface area (Å²) in [6.45, 7) is 2.19. The average molecular weight is 506 g/mol. The van der Waals surface area contributed by atoms with Gasteiger partial charge in [0.1, 0.15) is 22.5 Å². The number of carbonyl (C=O) groups is 1. The molecule has 2 heterocycles. The molecule has 3 aromatic carbocycles. The monoisotopic (exact) mass is 506 g/mol. The van der Waals surface area contributed by atoms with Gasteiger partial charge in [-0.2, -0.15) is 0 Å². The number of methoxy groups -OCH3 is 1. The molecule has 4 N–H and O–H groups in total. The molecule has 0 aliphatic carbocycles. The van der Waals surface area contributed by atoms with E-state index in [1.807, 2.05) is 6.92 Å². The molecule has 0 saturated carbocycles. The standard InChI is InChI=1S/C27H22O10/c1-3-35-19-9-12(5-7-18(19)34-2)14-10-21(31)36-20-11-17(30)23-24(32)25(33)26(37-27(23)22(14)20)13-4-6-15(28)16(29)8-13/h4-9,11,14,28-30,33H,3,10H2,1-2H3. The third kappa shape index (κ3) is 3.92. The van der Waals surface area contributed by atoms with Crippen molar-refractivity contribution in [1.29, 1.82) is 0 Å². The molecule has 0 bridgehead atoms. The first-order valence-electron chi connectivity index (χ1n) is 11.3. The van der Waals surface area contributed by atoms with E-state index in [0.29, 0.717) is 29.2 Å². The van der Waals surface area contributed by atoms with Gasteiger partial charge in [0.05, 0.1) is 20.1 Å². The minimum atomic E-state index is -0.926. The van der Waals surface area contributed by atoms with Crippen molar-refractivity contribution >= 4 is 16.9 Å². The number of rotatable bonds is 5. The van der Waals surface area contributed by atoms with Gasteiger partial charge < -0.3 is 39.1 Å². The minimum absolute atomic E-state index is 0.00614. The van der Waals surface area contributed by atoms with E-state index in [-0.39, 0.29) is 34.5 Å². The SMILES string of the molecule is CCOc1cc(C2CC(=O)Oc3cc(O)c4c(=O)c(O)c(-c5ccc(O)c(O)c5)oc4c32)ccc1OC. The minimum Gasteiger partial charge on any atom is -0.507 e. The van der Waals surface area contributed by atoms with Crippen LogP contribution in [0, 0.1) is 0 Å². The molecule has 0 fully saturated rings. The molecular weight excluding hydrogens is 484 g/mol. The van der Waals surface area contributed by atoms with Crippen molar-refractivity contribution in [1.82, 2.24) is 0 Å². The highest BCUT2D eigenvalue weighted by Gasteiger charge is 2.35. The highest BCUT2D eigenvalue weighted by Crippen LogP contribution is 2.48. The van der Waals surface area contributed by atoms with E-state index in [0.717, 1.165) is 12.1 Å². The van der Waals surface area contributed by atoms with Crippen LogP contribution in [0.3, 0.4) is 0 Å². The Hall–Kier alpha value is -4.86. The zero-order valence-electron chi connectivity index (χ0n) is 19.8. The number of carbonyl (C=O) groups excluding carboxylic acids is 1. The smallest absolute Gasteiger partial charge is 0.312 e. The van der Waals surface area contributed by atoms with Crippen LogP contribution in [0.1, 0.15) is 30.4 Å². The summed E-state index contributed by atoms with van der Waals surface area (Å²) < 4.78 is 22.4. The number of hydrogen-bond acceptors (Lipinski definition) is 10.